The van der Waals surface area contributed by atoms with E-state index in [9.17, 15) is 39.3 Å². The Kier molecular flexibility index (Phi) is 16.8. The summed E-state index contributed by atoms with van der Waals surface area (Å²) in [5, 5.41) is 34.4. The monoisotopic (exact) mass is 648 g/mol. The summed E-state index contributed by atoms with van der Waals surface area (Å²) < 4.78 is 0. The third-order valence-corrected chi connectivity index (χ3v) is 7.77. The number of carbonyl (C=O) groups is 5. The van der Waals surface area contributed by atoms with E-state index in [-0.39, 0.29) is 55.9 Å². The van der Waals surface area contributed by atoms with Crippen molar-refractivity contribution >= 4 is 29.6 Å². The third-order valence-electron chi connectivity index (χ3n) is 7.77. The molecule has 1 aliphatic heterocycles. The highest BCUT2D eigenvalue weighted by atomic mass is 16.4. The van der Waals surface area contributed by atoms with Crippen LogP contribution in [0.1, 0.15) is 38.8 Å². The van der Waals surface area contributed by atoms with E-state index in [2.05, 4.69) is 10.6 Å². The Morgan fingerprint density at radius 2 is 1.00 bits per heavy atom. The minimum atomic E-state index is -1.01. The van der Waals surface area contributed by atoms with Gasteiger partial charge in [0.05, 0.1) is 32.2 Å². The fourth-order valence-electron chi connectivity index (χ4n) is 5.32. The predicted octanol–water partition coefficient (Wildman–Crippen LogP) is -0.0876. The summed E-state index contributed by atoms with van der Waals surface area (Å²) >= 11 is 0. The molecule has 0 bridgehead atoms. The number of rotatable bonds is 16. The molecule has 0 radical (unpaired) electrons. The third kappa shape index (κ3) is 15.7. The number of hydrogen-bond acceptors (Lipinski definition) is 10. The van der Waals surface area contributed by atoms with Gasteiger partial charge in [0, 0.05) is 70.9 Å². The highest BCUT2D eigenvalue weighted by Crippen LogP contribution is 2.11. The zero-order chi connectivity index (χ0) is 34.2. The Bertz CT molecular complexity index is 1110. The predicted molar refractivity (Wildman–Crippen MR) is 173 cm³/mol. The molecule has 0 saturated carbocycles. The molecule has 2 rings (SSSR count). The van der Waals surface area contributed by atoms with Gasteiger partial charge < -0.3 is 26.0 Å². The van der Waals surface area contributed by atoms with Crippen LogP contribution in [0.25, 0.3) is 0 Å². The Morgan fingerprint density at radius 3 is 1.35 bits per heavy atom. The number of nitrogens with one attached hydrogen (secondary N) is 2. The molecule has 0 aliphatic carbocycles. The van der Waals surface area contributed by atoms with Gasteiger partial charge in [-0.3, -0.25) is 43.6 Å². The number of Topliss-reactive ketones (excluding diaryl/α,β-unsaturated/α-hetero) is 1. The van der Waals surface area contributed by atoms with Crippen molar-refractivity contribution in [3.8, 4) is 0 Å². The van der Waals surface area contributed by atoms with Crippen molar-refractivity contribution in [2.75, 3.05) is 78.5 Å². The van der Waals surface area contributed by atoms with E-state index in [0.29, 0.717) is 65.3 Å². The van der Waals surface area contributed by atoms with E-state index in [1.165, 1.54) is 0 Å². The molecule has 258 valence electrons. The van der Waals surface area contributed by atoms with E-state index in [4.69, 9.17) is 0 Å². The van der Waals surface area contributed by atoms with Crippen molar-refractivity contribution in [3.63, 3.8) is 0 Å². The molecule has 0 spiro atoms. The van der Waals surface area contributed by atoms with Gasteiger partial charge in [0.15, 0.2) is 5.78 Å². The maximum absolute atomic E-state index is 13.0. The highest BCUT2D eigenvalue weighted by Gasteiger charge is 2.23. The molecule has 0 aromatic heterocycles. The fraction of sp³-hybridized carbons (Fsp3) is 0.656. The van der Waals surface area contributed by atoms with E-state index in [0.717, 1.165) is 11.1 Å². The summed E-state index contributed by atoms with van der Waals surface area (Å²) in [6.45, 7) is 10.2. The standard InChI is InChI=1S/C32H52N6O8/c1-23(2)32(46)27(34-24(3)4)17-25-5-7-26(8-6-25)18-33-28(39)19-35-9-11-36(20-29(40)41)13-15-38(22-31(44)45)16-14-37(12-10-35)21-30(42)43/h5-8,23-24,27,34H,9-22H2,1-4H3,(H,33,39)(H,40,41)(H,42,43)(H,44,45)/t27-/m0/s1. The van der Waals surface area contributed by atoms with E-state index in [1.54, 1.807) is 14.7 Å². The molecule has 1 aromatic carbocycles. The van der Waals surface area contributed by atoms with Gasteiger partial charge in [-0.1, -0.05) is 52.0 Å². The number of nitrogens with zero attached hydrogens (tertiary/aromatic N) is 4. The van der Waals surface area contributed by atoms with E-state index in [1.807, 2.05) is 56.9 Å². The van der Waals surface area contributed by atoms with Gasteiger partial charge in [-0.05, 0) is 17.5 Å². The lowest BCUT2D eigenvalue weighted by molar-refractivity contribution is -0.140. The second-order valence-electron chi connectivity index (χ2n) is 12.5. The van der Waals surface area contributed by atoms with Gasteiger partial charge in [0.1, 0.15) is 0 Å². The van der Waals surface area contributed by atoms with Crippen molar-refractivity contribution in [1.29, 1.82) is 0 Å². The quantitative estimate of drug-likeness (QED) is 0.161. The molecule has 1 fully saturated rings. The molecule has 1 aromatic rings. The number of hydrogen-bond donors (Lipinski definition) is 5. The number of carbonyl (C=O) groups excluding carboxylic acids is 2. The Hall–Kier alpha value is -3.43. The van der Waals surface area contributed by atoms with Crippen molar-refractivity contribution in [2.24, 2.45) is 5.92 Å². The largest absolute Gasteiger partial charge is 0.480 e. The number of benzene rings is 1. The lowest BCUT2D eigenvalue weighted by Crippen LogP contribution is -2.49. The summed E-state index contributed by atoms with van der Waals surface area (Å²) in [7, 11) is 0. The van der Waals surface area contributed by atoms with E-state index < -0.39 is 17.9 Å². The first-order valence-electron chi connectivity index (χ1n) is 15.9. The molecule has 1 heterocycles. The molecule has 1 amide bonds. The number of amides is 1. The molecule has 14 heteroatoms. The molecule has 1 aliphatic rings. The molecule has 5 N–H and O–H groups in total. The van der Waals surface area contributed by atoms with Crippen molar-refractivity contribution in [1.82, 2.24) is 30.2 Å². The Morgan fingerprint density at radius 1 is 0.630 bits per heavy atom. The molecular weight excluding hydrogens is 596 g/mol. The zero-order valence-electron chi connectivity index (χ0n) is 27.6. The minimum absolute atomic E-state index is 0.0465. The molecule has 46 heavy (non-hydrogen) atoms. The van der Waals surface area contributed by atoms with Crippen molar-refractivity contribution in [3.05, 3.63) is 35.4 Å². The minimum Gasteiger partial charge on any atom is -0.480 e. The van der Waals surface area contributed by atoms with Gasteiger partial charge in [-0.15, -0.1) is 0 Å². The maximum Gasteiger partial charge on any atom is 0.317 e. The maximum atomic E-state index is 13.0. The first-order chi connectivity index (χ1) is 21.7. The van der Waals surface area contributed by atoms with Gasteiger partial charge in [-0.2, -0.15) is 0 Å². The molecule has 1 saturated heterocycles. The molecule has 1 atom stereocenters. The normalized spacial score (nSPS) is 17.3. The van der Waals surface area contributed by atoms with Crippen LogP contribution in [0, 0.1) is 5.92 Å². The average molecular weight is 649 g/mol. The van der Waals surface area contributed by atoms with Crippen molar-refractivity contribution < 1.29 is 39.3 Å². The lowest BCUT2D eigenvalue weighted by atomic mass is 9.95. The van der Waals surface area contributed by atoms with Crippen LogP contribution in [0.3, 0.4) is 0 Å². The number of ketones is 1. The SMILES string of the molecule is CC(C)N[C@@H](Cc1ccc(CNC(=O)CN2CCN(CC(=O)O)CCN(CC(=O)O)CCN(CC(=O)O)CC2)cc1)C(=O)C(C)C. The van der Waals surface area contributed by atoms with Crippen LogP contribution in [-0.4, -0.2) is 155 Å². The van der Waals surface area contributed by atoms with Gasteiger partial charge in [0.2, 0.25) is 5.91 Å². The first kappa shape index (κ1) is 38.8. The summed E-state index contributed by atoms with van der Waals surface area (Å²) in [4.78, 5) is 67.0. The molecule has 14 nitrogen and oxygen atoms in total. The number of aliphatic carboxylic acids is 3. The summed E-state index contributed by atoms with van der Waals surface area (Å²) in [6, 6.07) is 7.69. The van der Waals surface area contributed by atoms with Crippen LogP contribution in [-0.2, 0) is 36.9 Å². The topological polar surface area (TPSA) is 183 Å². The number of carboxylic acids is 3. The van der Waals surface area contributed by atoms with Crippen LogP contribution in [0.2, 0.25) is 0 Å². The molecular formula is C32H52N6O8. The van der Waals surface area contributed by atoms with Gasteiger partial charge in [0.25, 0.3) is 0 Å². The summed E-state index contributed by atoms with van der Waals surface area (Å²) in [5.41, 5.74) is 1.92. The summed E-state index contributed by atoms with van der Waals surface area (Å²) in [6.07, 6.45) is 0.576. The average Bonchev–Trinajstić information content (AvgIpc) is 2.96. The van der Waals surface area contributed by atoms with Crippen molar-refractivity contribution in [2.45, 2.75) is 52.7 Å². The van der Waals surface area contributed by atoms with Gasteiger partial charge in [-0.25, -0.2) is 0 Å². The van der Waals surface area contributed by atoms with E-state index >= 15 is 0 Å². The van der Waals surface area contributed by atoms with Crippen LogP contribution in [0.15, 0.2) is 24.3 Å². The van der Waals surface area contributed by atoms with Crippen LogP contribution in [0.4, 0.5) is 0 Å². The first-order valence-corrected chi connectivity index (χ1v) is 15.9. The highest BCUT2D eigenvalue weighted by molar-refractivity contribution is 5.86. The van der Waals surface area contributed by atoms with Gasteiger partial charge >= 0.3 is 17.9 Å². The second kappa shape index (κ2) is 19.9. The van der Waals surface area contributed by atoms with Crippen LogP contribution >= 0.6 is 0 Å². The second-order valence-corrected chi connectivity index (χ2v) is 12.5. The Labute approximate surface area is 271 Å². The lowest BCUT2D eigenvalue weighted by Gasteiger charge is -2.32. The molecule has 0 unspecified atom stereocenters. The summed E-state index contributed by atoms with van der Waals surface area (Å²) in [5.74, 6) is -3.14. The fourth-order valence-corrected chi connectivity index (χ4v) is 5.32. The number of carboxylic acid groups (broad SMARTS) is 3. The smallest absolute Gasteiger partial charge is 0.317 e. The van der Waals surface area contributed by atoms with Crippen LogP contribution < -0.4 is 10.6 Å². The Balaban J connectivity index is 2.04. The zero-order valence-corrected chi connectivity index (χ0v) is 27.6. The van der Waals surface area contributed by atoms with Crippen LogP contribution in [0.5, 0.6) is 0 Å².